The Bertz CT molecular complexity index is 1460. The fourth-order valence-electron chi connectivity index (χ4n) is 4.15. The summed E-state index contributed by atoms with van der Waals surface area (Å²) in [5, 5.41) is 7.71. The molecule has 1 atom stereocenters. The lowest BCUT2D eigenvalue weighted by Gasteiger charge is -2.31. The first-order valence-corrected chi connectivity index (χ1v) is 13.1. The van der Waals surface area contributed by atoms with Crippen LogP contribution in [0.2, 0.25) is 0 Å². The summed E-state index contributed by atoms with van der Waals surface area (Å²) >= 11 is 1.51. The Morgan fingerprint density at radius 3 is 2.28 bits per heavy atom. The molecule has 1 saturated heterocycles. The number of carboxylic acids is 1. The molecule has 1 aliphatic rings. The number of carbonyl (C=O) groups is 1. The maximum atomic E-state index is 13.2. The Kier molecular flexibility index (Phi) is 8.92. The second-order valence-electron chi connectivity index (χ2n) is 8.95. The lowest BCUT2D eigenvalue weighted by atomic mass is 10.1. The standard InChI is InChI=1S/C24H26N6OS.C2HF3O2/c25-19-12-7-13-29(15-19)24-27-21-20(30(24)14-17-8-3-1-4-9-17)22(31)28-23(26-21)32-16-18-10-5-2-6-11-18;3-2(4,5)1(6)7/h1-6,8-11,19H,7,12-16,25H2,(H,26,28,31);(H,6,7). The molecule has 5 rings (SSSR count). The number of anilines is 1. The van der Waals surface area contributed by atoms with Gasteiger partial charge in [0.25, 0.3) is 5.56 Å². The van der Waals surface area contributed by atoms with Crippen LogP contribution in [0.3, 0.4) is 0 Å². The SMILES string of the molecule is NC1CCCN(c2nc3nc(SCc4ccccc4)[nH]c(=O)c3n2Cc2ccccc2)C1.O=C(O)C(F)(F)F. The number of nitrogens with one attached hydrogen (secondary N) is 1. The zero-order valence-corrected chi connectivity index (χ0v) is 21.6. The van der Waals surface area contributed by atoms with Gasteiger partial charge in [-0.2, -0.15) is 18.2 Å². The molecule has 2 aromatic heterocycles. The Balaban J connectivity index is 0.000000448. The predicted molar refractivity (Wildman–Crippen MR) is 143 cm³/mol. The highest BCUT2D eigenvalue weighted by molar-refractivity contribution is 7.98. The van der Waals surface area contributed by atoms with Crippen molar-refractivity contribution in [3.05, 3.63) is 82.1 Å². The molecular formula is C26H27F3N6O3S. The van der Waals surface area contributed by atoms with Crippen molar-refractivity contribution in [1.82, 2.24) is 19.5 Å². The van der Waals surface area contributed by atoms with Crippen LogP contribution < -0.4 is 16.2 Å². The van der Waals surface area contributed by atoms with E-state index in [0.29, 0.717) is 22.9 Å². The summed E-state index contributed by atoms with van der Waals surface area (Å²) in [7, 11) is 0. The molecule has 0 radical (unpaired) electrons. The van der Waals surface area contributed by atoms with Crippen molar-refractivity contribution < 1.29 is 23.1 Å². The third-order valence-corrected chi connectivity index (χ3v) is 6.90. The minimum absolute atomic E-state index is 0.108. The number of fused-ring (bicyclic) bond motifs is 1. The average molecular weight is 561 g/mol. The number of imidazole rings is 1. The van der Waals surface area contributed by atoms with Crippen molar-refractivity contribution in [3.8, 4) is 0 Å². The highest BCUT2D eigenvalue weighted by Crippen LogP contribution is 2.26. The smallest absolute Gasteiger partial charge is 0.475 e. The molecule has 206 valence electrons. The van der Waals surface area contributed by atoms with Crippen LogP contribution in [0, 0.1) is 0 Å². The Morgan fingerprint density at radius 1 is 1.08 bits per heavy atom. The summed E-state index contributed by atoms with van der Waals surface area (Å²) in [6.45, 7) is 2.16. The zero-order chi connectivity index (χ0) is 28.0. The molecule has 3 heterocycles. The summed E-state index contributed by atoms with van der Waals surface area (Å²) in [6, 6.07) is 20.4. The Morgan fingerprint density at radius 2 is 1.69 bits per heavy atom. The molecule has 1 fully saturated rings. The van der Waals surface area contributed by atoms with E-state index in [1.54, 1.807) is 0 Å². The average Bonchev–Trinajstić information content (AvgIpc) is 3.27. The molecule has 4 N–H and O–H groups in total. The van der Waals surface area contributed by atoms with Gasteiger partial charge in [-0.25, -0.2) is 9.78 Å². The van der Waals surface area contributed by atoms with Gasteiger partial charge < -0.3 is 15.7 Å². The number of hydrogen-bond donors (Lipinski definition) is 3. The van der Waals surface area contributed by atoms with Gasteiger partial charge in [0.05, 0.1) is 6.54 Å². The summed E-state index contributed by atoms with van der Waals surface area (Å²) in [5.41, 5.74) is 9.35. The Labute approximate surface area is 225 Å². The first-order valence-electron chi connectivity index (χ1n) is 12.1. The minimum Gasteiger partial charge on any atom is -0.475 e. The van der Waals surface area contributed by atoms with Crippen LogP contribution in [0.25, 0.3) is 11.2 Å². The predicted octanol–water partition coefficient (Wildman–Crippen LogP) is 4.02. The molecule has 1 unspecified atom stereocenters. The van der Waals surface area contributed by atoms with Gasteiger partial charge in [-0.1, -0.05) is 72.4 Å². The summed E-state index contributed by atoms with van der Waals surface area (Å²) in [6.07, 6.45) is -3.06. The van der Waals surface area contributed by atoms with Gasteiger partial charge >= 0.3 is 12.1 Å². The number of alkyl halides is 3. The van der Waals surface area contributed by atoms with E-state index in [1.807, 2.05) is 41.0 Å². The molecule has 13 heteroatoms. The number of rotatable bonds is 6. The molecule has 0 spiro atoms. The first-order chi connectivity index (χ1) is 18.6. The number of aromatic amines is 1. The van der Waals surface area contributed by atoms with Gasteiger partial charge in [0.1, 0.15) is 0 Å². The highest BCUT2D eigenvalue weighted by Gasteiger charge is 2.38. The quantitative estimate of drug-likeness (QED) is 0.238. The number of nitrogens with zero attached hydrogens (tertiary/aromatic N) is 4. The van der Waals surface area contributed by atoms with Gasteiger partial charge in [0, 0.05) is 24.9 Å². The number of nitrogens with two attached hydrogens (primary N) is 1. The van der Waals surface area contributed by atoms with E-state index >= 15 is 0 Å². The second kappa shape index (κ2) is 12.3. The number of aromatic nitrogens is 4. The van der Waals surface area contributed by atoms with Crippen LogP contribution in [0.5, 0.6) is 0 Å². The third-order valence-electron chi connectivity index (χ3n) is 5.96. The molecule has 2 aromatic carbocycles. The van der Waals surface area contributed by atoms with Crippen LogP contribution in [-0.4, -0.2) is 55.9 Å². The van der Waals surface area contributed by atoms with Gasteiger partial charge in [-0.05, 0) is 24.0 Å². The van der Waals surface area contributed by atoms with Crippen LogP contribution >= 0.6 is 11.8 Å². The fourth-order valence-corrected chi connectivity index (χ4v) is 4.97. The lowest BCUT2D eigenvalue weighted by Crippen LogP contribution is -2.44. The van der Waals surface area contributed by atoms with Crippen LogP contribution in [-0.2, 0) is 17.1 Å². The summed E-state index contributed by atoms with van der Waals surface area (Å²) in [4.78, 5) is 36.8. The Hall–Kier alpha value is -3.84. The number of thioether (sulfide) groups is 1. The molecule has 0 saturated carbocycles. The molecule has 39 heavy (non-hydrogen) atoms. The number of H-pyrrole nitrogens is 1. The molecular weight excluding hydrogens is 533 g/mol. The van der Waals surface area contributed by atoms with Gasteiger partial charge in [-0.3, -0.25) is 14.3 Å². The summed E-state index contributed by atoms with van der Waals surface area (Å²) < 4.78 is 33.7. The monoisotopic (exact) mass is 560 g/mol. The van der Waals surface area contributed by atoms with E-state index in [1.165, 1.54) is 17.3 Å². The van der Waals surface area contributed by atoms with Crippen molar-refractivity contribution in [3.63, 3.8) is 0 Å². The topological polar surface area (TPSA) is 130 Å². The molecule has 4 aromatic rings. The minimum atomic E-state index is -5.08. The zero-order valence-electron chi connectivity index (χ0n) is 20.8. The van der Waals surface area contributed by atoms with E-state index in [2.05, 4.69) is 34.1 Å². The van der Waals surface area contributed by atoms with Crippen molar-refractivity contribution in [2.24, 2.45) is 5.73 Å². The highest BCUT2D eigenvalue weighted by atomic mass is 32.2. The molecule has 0 bridgehead atoms. The van der Waals surface area contributed by atoms with Crippen molar-refractivity contribution in [2.75, 3.05) is 18.0 Å². The van der Waals surface area contributed by atoms with Crippen LogP contribution in [0.1, 0.15) is 24.0 Å². The van der Waals surface area contributed by atoms with E-state index in [0.717, 1.165) is 43.2 Å². The maximum Gasteiger partial charge on any atom is 0.490 e. The second-order valence-corrected chi connectivity index (χ2v) is 9.92. The molecule has 0 aliphatic carbocycles. The van der Waals surface area contributed by atoms with E-state index in [4.69, 9.17) is 25.6 Å². The number of aliphatic carboxylic acids is 1. The van der Waals surface area contributed by atoms with E-state index in [-0.39, 0.29) is 11.6 Å². The van der Waals surface area contributed by atoms with E-state index in [9.17, 15) is 18.0 Å². The normalized spacial score (nSPS) is 15.6. The molecule has 9 nitrogen and oxygen atoms in total. The fraction of sp³-hybridized carbons (Fsp3) is 0.308. The van der Waals surface area contributed by atoms with Crippen LogP contribution in [0.4, 0.5) is 19.1 Å². The number of halogens is 3. The van der Waals surface area contributed by atoms with Crippen LogP contribution in [0.15, 0.2) is 70.6 Å². The van der Waals surface area contributed by atoms with E-state index < -0.39 is 12.1 Å². The summed E-state index contributed by atoms with van der Waals surface area (Å²) in [5.74, 6) is -1.26. The van der Waals surface area contributed by atoms with Gasteiger partial charge in [0.2, 0.25) is 5.95 Å². The number of carboxylic acid groups (broad SMARTS) is 1. The van der Waals surface area contributed by atoms with Crippen molar-refractivity contribution >= 4 is 34.8 Å². The number of hydrogen-bond acceptors (Lipinski definition) is 7. The first kappa shape index (κ1) is 28.2. The van der Waals surface area contributed by atoms with Crippen molar-refractivity contribution in [2.45, 2.75) is 42.5 Å². The lowest BCUT2D eigenvalue weighted by molar-refractivity contribution is -0.192. The van der Waals surface area contributed by atoms with Crippen molar-refractivity contribution in [1.29, 1.82) is 0 Å². The molecule has 0 amide bonds. The third kappa shape index (κ3) is 7.39. The maximum absolute atomic E-state index is 13.2. The van der Waals surface area contributed by atoms with Gasteiger partial charge in [0.15, 0.2) is 16.3 Å². The number of benzene rings is 2. The van der Waals surface area contributed by atoms with Gasteiger partial charge in [-0.15, -0.1) is 0 Å². The molecule has 1 aliphatic heterocycles. The largest absolute Gasteiger partial charge is 0.490 e. The number of piperidine rings is 1.